The van der Waals surface area contributed by atoms with Crippen LogP contribution in [0, 0.1) is 13.8 Å². The number of aryl methyl sites for hydroxylation is 1. The third-order valence-corrected chi connectivity index (χ3v) is 4.82. The number of ether oxygens (including phenoxy) is 1. The molecule has 0 bridgehead atoms. The molecule has 142 valence electrons. The second kappa shape index (κ2) is 7.26. The second-order valence-corrected chi connectivity index (χ2v) is 6.67. The highest BCUT2D eigenvalue weighted by atomic mass is 16.5. The van der Waals surface area contributed by atoms with E-state index in [0.29, 0.717) is 52.6 Å². The van der Waals surface area contributed by atoms with Crippen LogP contribution >= 0.6 is 0 Å². The summed E-state index contributed by atoms with van der Waals surface area (Å²) in [5.41, 5.74) is 3.44. The minimum Gasteiger partial charge on any atom is -0.494 e. The molecule has 1 aliphatic rings. The van der Waals surface area contributed by atoms with Gasteiger partial charge in [0.15, 0.2) is 5.78 Å². The van der Waals surface area contributed by atoms with E-state index in [4.69, 9.17) is 4.74 Å². The van der Waals surface area contributed by atoms with Gasteiger partial charge in [0.1, 0.15) is 11.4 Å². The van der Waals surface area contributed by atoms with Crippen LogP contribution in [0.2, 0.25) is 0 Å². The predicted molar refractivity (Wildman–Crippen MR) is 103 cm³/mol. The van der Waals surface area contributed by atoms with Gasteiger partial charge in [-0.1, -0.05) is 0 Å². The summed E-state index contributed by atoms with van der Waals surface area (Å²) in [4.78, 5) is 41.1. The number of hydrogen-bond donors (Lipinski definition) is 2. The summed E-state index contributed by atoms with van der Waals surface area (Å²) in [6.45, 7) is 5.66. The summed E-state index contributed by atoms with van der Waals surface area (Å²) in [5, 5.41) is 2.82. The summed E-state index contributed by atoms with van der Waals surface area (Å²) in [6, 6.07) is 5.19. The molecule has 7 nitrogen and oxygen atoms in total. The number of Topliss-reactive ketones (excluding diaryl/α,β-unsaturated/α-hetero) is 1. The van der Waals surface area contributed by atoms with Gasteiger partial charge in [0.25, 0.3) is 5.91 Å². The van der Waals surface area contributed by atoms with Gasteiger partial charge >= 0.3 is 0 Å². The highest BCUT2D eigenvalue weighted by molar-refractivity contribution is 6.08. The van der Waals surface area contributed by atoms with Crippen molar-refractivity contribution in [3.63, 3.8) is 0 Å². The molecule has 1 saturated heterocycles. The first-order valence-corrected chi connectivity index (χ1v) is 8.83. The zero-order valence-corrected chi connectivity index (χ0v) is 15.9. The number of hydrogen-bond acceptors (Lipinski definition) is 4. The molecular formula is C20H23N3O4. The Hall–Kier alpha value is -3.09. The quantitative estimate of drug-likeness (QED) is 0.792. The Bertz CT molecular complexity index is 930. The normalized spacial score (nSPS) is 13.8. The molecule has 2 heterocycles. The van der Waals surface area contributed by atoms with E-state index in [1.165, 1.54) is 14.0 Å². The van der Waals surface area contributed by atoms with Crippen LogP contribution in [0.15, 0.2) is 18.2 Å². The van der Waals surface area contributed by atoms with Crippen LogP contribution in [0.4, 0.5) is 11.4 Å². The molecule has 0 unspecified atom stereocenters. The number of anilines is 2. The number of nitrogens with zero attached hydrogens (tertiary/aromatic N) is 1. The van der Waals surface area contributed by atoms with Crippen LogP contribution < -0.4 is 15.0 Å². The Morgan fingerprint density at radius 3 is 2.56 bits per heavy atom. The number of rotatable bonds is 5. The maximum atomic E-state index is 12.7. The third-order valence-electron chi connectivity index (χ3n) is 4.82. The van der Waals surface area contributed by atoms with Crippen molar-refractivity contribution >= 4 is 29.0 Å². The van der Waals surface area contributed by atoms with Gasteiger partial charge in [0.05, 0.1) is 12.8 Å². The molecule has 2 aromatic rings. The molecule has 1 aliphatic heterocycles. The maximum absolute atomic E-state index is 12.7. The lowest BCUT2D eigenvalue weighted by atomic mass is 10.1. The van der Waals surface area contributed by atoms with Crippen LogP contribution in [-0.4, -0.2) is 36.2 Å². The summed E-state index contributed by atoms with van der Waals surface area (Å²) in [7, 11) is 1.53. The van der Waals surface area contributed by atoms with Crippen molar-refractivity contribution in [3.8, 4) is 5.75 Å². The van der Waals surface area contributed by atoms with E-state index >= 15 is 0 Å². The number of nitrogens with one attached hydrogen (secondary N) is 2. The minimum absolute atomic E-state index is 0.0688. The first-order chi connectivity index (χ1) is 12.8. The minimum atomic E-state index is -0.338. The van der Waals surface area contributed by atoms with Crippen molar-refractivity contribution < 1.29 is 19.1 Å². The van der Waals surface area contributed by atoms with E-state index in [0.717, 1.165) is 6.42 Å². The number of carbonyl (C=O) groups is 3. The Morgan fingerprint density at radius 1 is 1.26 bits per heavy atom. The number of H-pyrrole nitrogens is 1. The average molecular weight is 369 g/mol. The van der Waals surface area contributed by atoms with Crippen molar-refractivity contribution in [2.45, 2.75) is 33.6 Å². The Morgan fingerprint density at radius 2 is 2.00 bits per heavy atom. The highest BCUT2D eigenvalue weighted by Crippen LogP contribution is 2.34. The lowest BCUT2D eigenvalue weighted by molar-refractivity contribution is -0.117. The number of benzene rings is 1. The fourth-order valence-corrected chi connectivity index (χ4v) is 3.58. The van der Waals surface area contributed by atoms with Crippen molar-refractivity contribution in [3.05, 3.63) is 40.7 Å². The van der Waals surface area contributed by atoms with Gasteiger partial charge in [0.2, 0.25) is 5.91 Å². The fourth-order valence-electron chi connectivity index (χ4n) is 3.58. The number of methoxy groups -OCH3 is 1. The van der Waals surface area contributed by atoms with E-state index in [1.54, 1.807) is 36.9 Å². The van der Waals surface area contributed by atoms with Gasteiger partial charge in [-0.3, -0.25) is 14.4 Å². The molecule has 0 radical (unpaired) electrons. The molecule has 0 saturated carbocycles. The molecule has 0 spiro atoms. The van der Waals surface area contributed by atoms with Gasteiger partial charge in [-0.2, -0.15) is 0 Å². The standard InChI is InChI=1S/C20H23N3O4/c1-11-18(13(3)24)12(2)21-19(11)20(26)22-14-7-8-15(16(10-14)27-4)23-9-5-6-17(23)25/h7-8,10,21H,5-6,9H2,1-4H3,(H,22,26). The molecule has 0 atom stereocenters. The summed E-state index contributed by atoms with van der Waals surface area (Å²) < 4.78 is 5.41. The topological polar surface area (TPSA) is 91.5 Å². The zero-order valence-electron chi connectivity index (χ0n) is 15.9. The fraction of sp³-hybridized carbons (Fsp3) is 0.350. The molecule has 1 aromatic heterocycles. The van der Waals surface area contributed by atoms with Crippen LogP contribution in [-0.2, 0) is 4.79 Å². The summed E-state index contributed by atoms with van der Waals surface area (Å²) >= 11 is 0. The molecule has 0 aliphatic carbocycles. The van der Waals surface area contributed by atoms with Gasteiger partial charge in [-0.25, -0.2) is 0 Å². The number of amides is 2. The molecule has 1 aromatic carbocycles. The van der Waals surface area contributed by atoms with E-state index in [-0.39, 0.29) is 17.6 Å². The van der Waals surface area contributed by atoms with E-state index < -0.39 is 0 Å². The molecule has 1 fully saturated rings. The van der Waals surface area contributed by atoms with Gasteiger partial charge in [0, 0.05) is 36.0 Å². The van der Waals surface area contributed by atoms with Crippen LogP contribution in [0.25, 0.3) is 0 Å². The number of carbonyl (C=O) groups excluding carboxylic acids is 3. The molecule has 27 heavy (non-hydrogen) atoms. The largest absolute Gasteiger partial charge is 0.494 e. The Kier molecular flexibility index (Phi) is 5.03. The Balaban J connectivity index is 1.86. The number of aromatic nitrogens is 1. The smallest absolute Gasteiger partial charge is 0.272 e. The van der Waals surface area contributed by atoms with Crippen molar-refractivity contribution in [1.82, 2.24) is 4.98 Å². The summed E-state index contributed by atoms with van der Waals surface area (Å²) in [5.74, 6) is 0.169. The van der Waals surface area contributed by atoms with Crippen LogP contribution in [0.3, 0.4) is 0 Å². The monoisotopic (exact) mass is 369 g/mol. The lowest BCUT2D eigenvalue weighted by Gasteiger charge is -2.19. The second-order valence-electron chi connectivity index (χ2n) is 6.67. The molecule has 3 rings (SSSR count). The Labute approximate surface area is 157 Å². The van der Waals surface area contributed by atoms with Crippen molar-refractivity contribution in [2.75, 3.05) is 23.9 Å². The van der Waals surface area contributed by atoms with Gasteiger partial charge in [-0.15, -0.1) is 0 Å². The first kappa shape index (κ1) is 18.7. The number of ketones is 1. The van der Waals surface area contributed by atoms with Gasteiger partial charge < -0.3 is 19.9 Å². The average Bonchev–Trinajstić information content (AvgIpc) is 3.17. The third kappa shape index (κ3) is 3.45. The van der Waals surface area contributed by atoms with Crippen LogP contribution in [0.1, 0.15) is 51.9 Å². The van der Waals surface area contributed by atoms with E-state index in [9.17, 15) is 14.4 Å². The van der Waals surface area contributed by atoms with Crippen LogP contribution in [0.5, 0.6) is 5.75 Å². The van der Waals surface area contributed by atoms with Crippen molar-refractivity contribution in [2.24, 2.45) is 0 Å². The molecule has 2 amide bonds. The van der Waals surface area contributed by atoms with E-state index in [1.807, 2.05) is 0 Å². The zero-order chi connectivity index (χ0) is 19.7. The number of aromatic amines is 1. The molecule has 7 heteroatoms. The SMILES string of the molecule is COc1cc(NC(=O)c2[nH]c(C)c(C(C)=O)c2C)ccc1N1CCCC1=O. The maximum Gasteiger partial charge on any atom is 0.272 e. The van der Waals surface area contributed by atoms with Crippen molar-refractivity contribution in [1.29, 1.82) is 0 Å². The van der Waals surface area contributed by atoms with Gasteiger partial charge in [-0.05, 0) is 44.9 Å². The lowest BCUT2D eigenvalue weighted by Crippen LogP contribution is -2.24. The predicted octanol–water partition coefficient (Wildman–Crippen LogP) is 3.22. The van der Waals surface area contributed by atoms with E-state index in [2.05, 4.69) is 10.3 Å². The highest BCUT2D eigenvalue weighted by Gasteiger charge is 2.25. The molecule has 2 N–H and O–H groups in total. The first-order valence-electron chi connectivity index (χ1n) is 8.83. The summed E-state index contributed by atoms with van der Waals surface area (Å²) in [6.07, 6.45) is 1.36. The molecular weight excluding hydrogens is 346 g/mol.